The van der Waals surface area contributed by atoms with Gasteiger partial charge in [0, 0.05) is 38.0 Å². The number of carbonyl (C=O) groups is 2. The molecular weight excluding hydrogens is 276 g/mol. The molecule has 0 bridgehead atoms. The van der Waals surface area contributed by atoms with Gasteiger partial charge in [-0.2, -0.15) is 0 Å². The number of Topliss-reactive ketones (excluding diaryl/α,β-unsaturated/α-hetero) is 1. The van der Waals surface area contributed by atoms with Crippen molar-refractivity contribution in [3.8, 4) is 17.2 Å². The first-order valence-electron chi connectivity index (χ1n) is 6.70. The van der Waals surface area contributed by atoms with Gasteiger partial charge in [0.25, 0.3) is 0 Å². The zero-order chi connectivity index (χ0) is 15.6. The van der Waals surface area contributed by atoms with E-state index in [1.54, 1.807) is 6.92 Å². The first-order valence-corrected chi connectivity index (χ1v) is 6.70. The normalized spacial score (nSPS) is 17.0. The minimum absolute atomic E-state index is 0.0887. The van der Waals surface area contributed by atoms with Crippen LogP contribution in [0.3, 0.4) is 0 Å². The van der Waals surface area contributed by atoms with E-state index in [0.717, 1.165) is 0 Å². The van der Waals surface area contributed by atoms with E-state index < -0.39 is 5.97 Å². The summed E-state index contributed by atoms with van der Waals surface area (Å²) in [4.78, 5) is 23.5. The quantitative estimate of drug-likeness (QED) is 0.669. The average molecular weight is 294 g/mol. The zero-order valence-corrected chi connectivity index (χ0v) is 12.3. The number of hydrogen-bond acceptors (Lipinski definition) is 6. The van der Waals surface area contributed by atoms with Crippen molar-refractivity contribution in [1.29, 1.82) is 0 Å². The second kappa shape index (κ2) is 6.13. The van der Waals surface area contributed by atoms with Gasteiger partial charge < -0.3 is 19.3 Å². The molecule has 0 saturated heterocycles. The molecule has 1 aliphatic rings. The molecular formula is C15H18O6. The van der Waals surface area contributed by atoms with Crippen LogP contribution in [0.2, 0.25) is 0 Å². The fourth-order valence-corrected chi connectivity index (χ4v) is 2.41. The summed E-state index contributed by atoms with van der Waals surface area (Å²) in [5, 5.41) is 9.23. The molecule has 0 spiro atoms. The Kier molecular flexibility index (Phi) is 4.47. The van der Waals surface area contributed by atoms with Crippen LogP contribution < -0.4 is 14.2 Å². The molecule has 6 heteroatoms. The van der Waals surface area contributed by atoms with Crippen molar-refractivity contribution < 1.29 is 28.9 Å². The van der Waals surface area contributed by atoms with Gasteiger partial charge in [-0.3, -0.25) is 9.59 Å². The highest BCUT2D eigenvalue weighted by molar-refractivity contribution is 6.03. The van der Waals surface area contributed by atoms with Crippen molar-refractivity contribution in [3.63, 3.8) is 0 Å². The standard InChI is InChI=1S/C15H18O6/c1-8-6-11(18)14-13(19-3)7-12(21-9(2)17)10(4-5-16)15(14)20-8/h7-8,16H,4-6H2,1-3H3/t8-/m1/s1. The minimum atomic E-state index is -0.494. The van der Waals surface area contributed by atoms with Crippen LogP contribution in [0.1, 0.15) is 36.2 Å². The highest BCUT2D eigenvalue weighted by Crippen LogP contribution is 2.43. The number of rotatable bonds is 4. The summed E-state index contributed by atoms with van der Waals surface area (Å²) in [5.74, 6) is 0.304. The number of esters is 1. The lowest BCUT2D eigenvalue weighted by molar-refractivity contribution is -0.131. The largest absolute Gasteiger partial charge is 0.496 e. The van der Waals surface area contributed by atoms with Crippen LogP contribution >= 0.6 is 0 Å². The number of hydrogen-bond donors (Lipinski definition) is 1. The van der Waals surface area contributed by atoms with Crippen LogP contribution in [0.5, 0.6) is 17.2 Å². The molecule has 1 aliphatic heterocycles. The van der Waals surface area contributed by atoms with Gasteiger partial charge in [0.2, 0.25) is 0 Å². The fourth-order valence-electron chi connectivity index (χ4n) is 2.41. The summed E-state index contributed by atoms with van der Waals surface area (Å²) in [6.07, 6.45) is 0.198. The Balaban J connectivity index is 2.66. The molecule has 21 heavy (non-hydrogen) atoms. The van der Waals surface area contributed by atoms with Gasteiger partial charge in [0.15, 0.2) is 5.78 Å². The third-order valence-corrected chi connectivity index (χ3v) is 3.21. The number of aliphatic hydroxyl groups is 1. The first kappa shape index (κ1) is 15.3. The molecule has 0 amide bonds. The number of benzene rings is 1. The molecule has 0 unspecified atom stereocenters. The Morgan fingerprint density at radius 2 is 2.19 bits per heavy atom. The number of carbonyl (C=O) groups excluding carboxylic acids is 2. The Morgan fingerprint density at radius 1 is 1.48 bits per heavy atom. The molecule has 114 valence electrons. The number of methoxy groups -OCH3 is 1. The Hall–Kier alpha value is -2.08. The lowest BCUT2D eigenvalue weighted by atomic mass is 9.95. The second-order valence-electron chi connectivity index (χ2n) is 4.88. The monoisotopic (exact) mass is 294 g/mol. The topological polar surface area (TPSA) is 82.1 Å². The number of aliphatic hydroxyl groups excluding tert-OH is 1. The summed E-state index contributed by atoms with van der Waals surface area (Å²) in [6, 6.07) is 1.49. The van der Waals surface area contributed by atoms with Crippen LogP contribution in [-0.2, 0) is 11.2 Å². The molecule has 0 saturated carbocycles. The van der Waals surface area contributed by atoms with E-state index in [2.05, 4.69) is 0 Å². The number of ether oxygens (including phenoxy) is 3. The molecule has 0 aliphatic carbocycles. The van der Waals surface area contributed by atoms with Crippen LogP contribution in [0.4, 0.5) is 0 Å². The van der Waals surface area contributed by atoms with Gasteiger partial charge in [0.05, 0.1) is 7.11 Å². The molecule has 6 nitrogen and oxygen atoms in total. The van der Waals surface area contributed by atoms with Gasteiger partial charge in [-0.15, -0.1) is 0 Å². The van der Waals surface area contributed by atoms with Gasteiger partial charge in [-0.1, -0.05) is 0 Å². The van der Waals surface area contributed by atoms with E-state index in [4.69, 9.17) is 14.2 Å². The molecule has 0 radical (unpaired) electrons. The first-order chi connectivity index (χ1) is 9.97. The summed E-state index contributed by atoms with van der Waals surface area (Å²) in [6.45, 7) is 2.91. The van der Waals surface area contributed by atoms with Crippen LogP contribution in [0.15, 0.2) is 6.07 Å². The van der Waals surface area contributed by atoms with Gasteiger partial charge in [0.1, 0.15) is 28.9 Å². The van der Waals surface area contributed by atoms with Gasteiger partial charge in [-0.05, 0) is 6.92 Å². The Morgan fingerprint density at radius 3 is 2.76 bits per heavy atom. The third-order valence-electron chi connectivity index (χ3n) is 3.21. The van der Waals surface area contributed by atoms with Crippen LogP contribution in [0, 0.1) is 0 Å². The lowest BCUT2D eigenvalue weighted by Gasteiger charge is -2.27. The minimum Gasteiger partial charge on any atom is -0.496 e. The van der Waals surface area contributed by atoms with Gasteiger partial charge in [-0.25, -0.2) is 0 Å². The number of fused-ring (bicyclic) bond motifs is 1. The average Bonchev–Trinajstić information content (AvgIpc) is 2.40. The molecule has 0 fully saturated rings. The van der Waals surface area contributed by atoms with Crippen molar-refractivity contribution >= 4 is 11.8 Å². The van der Waals surface area contributed by atoms with E-state index in [1.165, 1.54) is 20.1 Å². The smallest absolute Gasteiger partial charge is 0.308 e. The van der Waals surface area contributed by atoms with E-state index in [9.17, 15) is 14.7 Å². The van der Waals surface area contributed by atoms with Crippen molar-refractivity contribution in [2.75, 3.05) is 13.7 Å². The van der Waals surface area contributed by atoms with Crippen molar-refractivity contribution in [1.82, 2.24) is 0 Å². The fraction of sp³-hybridized carbons (Fsp3) is 0.467. The molecule has 2 rings (SSSR count). The second-order valence-corrected chi connectivity index (χ2v) is 4.88. The lowest BCUT2D eigenvalue weighted by Crippen LogP contribution is -2.26. The summed E-state index contributed by atoms with van der Waals surface area (Å²) in [5.41, 5.74) is 0.846. The number of ketones is 1. The maximum absolute atomic E-state index is 12.2. The third kappa shape index (κ3) is 3.00. The van der Waals surface area contributed by atoms with Crippen molar-refractivity contribution in [2.24, 2.45) is 0 Å². The molecule has 1 atom stereocenters. The van der Waals surface area contributed by atoms with E-state index in [0.29, 0.717) is 22.6 Å². The highest BCUT2D eigenvalue weighted by Gasteiger charge is 2.32. The predicted octanol–water partition coefficient (Wildman–Crippen LogP) is 1.51. The molecule has 1 N–H and O–H groups in total. The van der Waals surface area contributed by atoms with Crippen LogP contribution in [0.25, 0.3) is 0 Å². The van der Waals surface area contributed by atoms with E-state index >= 15 is 0 Å². The molecule has 0 aromatic heterocycles. The predicted molar refractivity (Wildman–Crippen MR) is 74.1 cm³/mol. The molecule has 1 aromatic carbocycles. The molecule has 1 aromatic rings. The Labute approximate surface area is 122 Å². The summed E-state index contributed by atoms with van der Waals surface area (Å²) < 4.78 is 16.1. The Bertz CT molecular complexity index is 578. The zero-order valence-electron chi connectivity index (χ0n) is 12.3. The molecule has 1 heterocycles. The highest BCUT2D eigenvalue weighted by atomic mass is 16.5. The van der Waals surface area contributed by atoms with Crippen molar-refractivity contribution in [3.05, 3.63) is 17.2 Å². The maximum Gasteiger partial charge on any atom is 0.308 e. The van der Waals surface area contributed by atoms with Gasteiger partial charge >= 0.3 is 5.97 Å². The van der Waals surface area contributed by atoms with E-state index in [-0.39, 0.29) is 37.1 Å². The van der Waals surface area contributed by atoms with E-state index in [1.807, 2.05) is 0 Å². The maximum atomic E-state index is 12.2. The van der Waals surface area contributed by atoms with Crippen LogP contribution in [-0.4, -0.2) is 36.7 Å². The SMILES string of the molecule is COc1cc(OC(C)=O)c(CCO)c2c1C(=O)C[C@@H](C)O2. The summed E-state index contributed by atoms with van der Waals surface area (Å²) in [7, 11) is 1.43. The summed E-state index contributed by atoms with van der Waals surface area (Å²) >= 11 is 0. The van der Waals surface area contributed by atoms with Crippen molar-refractivity contribution in [2.45, 2.75) is 32.8 Å².